The summed E-state index contributed by atoms with van der Waals surface area (Å²) in [5.74, 6) is -0.0189. The Morgan fingerprint density at radius 3 is 2.54 bits per heavy atom. The van der Waals surface area contributed by atoms with Gasteiger partial charge in [0.15, 0.2) is 0 Å². The molecule has 1 aliphatic heterocycles. The number of benzene rings is 2. The minimum absolute atomic E-state index is 0.132. The summed E-state index contributed by atoms with van der Waals surface area (Å²) in [7, 11) is 1.38. The highest BCUT2D eigenvalue weighted by Gasteiger charge is 2.38. The molecular weight excluding hydrogens is 354 g/mol. The zero-order chi connectivity index (χ0) is 19.7. The summed E-state index contributed by atoms with van der Waals surface area (Å²) < 4.78 is 9.93. The van der Waals surface area contributed by atoms with Crippen molar-refractivity contribution in [1.82, 2.24) is 0 Å². The van der Waals surface area contributed by atoms with Gasteiger partial charge in [-0.3, -0.25) is 0 Å². The van der Waals surface area contributed by atoms with E-state index in [9.17, 15) is 9.59 Å². The van der Waals surface area contributed by atoms with Crippen LogP contribution in [-0.2, 0) is 9.47 Å². The van der Waals surface area contributed by atoms with Gasteiger partial charge in [-0.05, 0) is 60.7 Å². The molecule has 0 fully saturated rings. The van der Waals surface area contributed by atoms with Crippen LogP contribution >= 0.6 is 0 Å². The van der Waals surface area contributed by atoms with Gasteiger partial charge in [0.05, 0.1) is 30.9 Å². The highest BCUT2D eigenvalue weighted by atomic mass is 16.5. The number of nitrogens with one attached hydrogen (secondary N) is 1. The number of fused-ring (bicyclic) bond motifs is 3. The van der Waals surface area contributed by atoms with Crippen LogP contribution in [0.25, 0.3) is 0 Å². The van der Waals surface area contributed by atoms with Crippen LogP contribution in [0.5, 0.6) is 0 Å². The maximum absolute atomic E-state index is 12.1. The Labute approximate surface area is 164 Å². The normalized spacial score (nSPS) is 22.0. The molecule has 2 aromatic rings. The monoisotopic (exact) mass is 377 g/mol. The quantitative estimate of drug-likeness (QED) is 0.629. The van der Waals surface area contributed by atoms with Crippen molar-refractivity contribution in [2.75, 3.05) is 19.0 Å². The number of carbonyl (C=O) groups excluding carboxylic acids is 2. The van der Waals surface area contributed by atoms with Gasteiger partial charge in [0.2, 0.25) is 0 Å². The summed E-state index contributed by atoms with van der Waals surface area (Å²) in [6.07, 6.45) is 5.40. The van der Waals surface area contributed by atoms with Gasteiger partial charge in [-0.25, -0.2) is 9.59 Å². The molecule has 0 aromatic heterocycles. The van der Waals surface area contributed by atoms with E-state index in [1.165, 1.54) is 7.11 Å². The maximum Gasteiger partial charge on any atom is 0.338 e. The lowest BCUT2D eigenvalue weighted by atomic mass is 9.76. The molecule has 0 spiro atoms. The number of rotatable bonds is 4. The second-order valence-electron chi connectivity index (χ2n) is 7.11. The summed E-state index contributed by atoms with van der Waals surface area (Å²) in [6, 6.07) is 13.4. The highest BCUT2D eigenvalue weighted by Crippen LogP contribution is 2.49. The number of allylic oxidation sites excluding steroid dienone is 2. The van der Waals surface area contributed by atoms with Gasteiger partial charge in [-0.15, -0.1) is 0 Å². The first-order valence-electron chi connectivity index (χ1n) is 9.55. The predicted octanol–water partition coefficient (Wildman–Crippen LogP) is 4.48. The van der Waals surface area contributed by atoms with Crippen molar-refractivity contribution in [2.45, 2.75) is 25.3 Å². The fourth-order valence-electron chi connectivity index (χ4n) is 4.21. The predicted molar refractivity (Wildman–Crippen MR) is 107 cm³/mol. The fourth-order valence-corrected chi connectivity index (χ4v) is 4.21. The van der Waals surface area contributed by atoms with Crippen LogP contribution in [0.1, 0.15) is 57.1 Å². The van der Waals surface area contributed by atoms with E-state index in [1.54, 1.807) is 18.2 Å². The van der Waals surface area contributed by atoms with Crippen LogP contribution in [0.2, 0.25) is 0 Å². The van der Waals surface area contributed by atoms with Crippen LogP contribution < -0.4 is 5.32 Å². The Balaban J connectivity index is 1.65. The topological polar surface area (TPSA) is 64.6 Å². The first-order chi connectivity index (χ1) is 13.6. The number of anilines is 1. The van der Waals surface area contributed by atoms with E-state index in [4.69, 9.17) is 9.47 Å². The van der Waals surface area contributed by atoms with E-state index < -0.39 is 0 Å². The van der Waals surface area contributed by atoms with Gasteiger partial charge in [-0.2, -0.15) is 0 Å². The Kier molecular flexibility index (Phi) is 4.90. The molecule has 0 bridgehead atoms. The van der Waals surface area contributed by atoms with Gasteiger partial charge in [-0.1, -0.05) is 24.3 Å². The highest BCUT2D eigenvalue weighted by molar-refractivity contribution is 5.91. The maximum atomic E-state index is 12.1. The van der Waals surface area contributed by atoms with Crippen molar-refractivity contribution in [3.8, 4) is 0 Å². The molecule has 0 radical (unpaired) electrons. The molecule has 1 heterocycles. The van der Waals surface area contributed by atoms with Gasteiger partial charge in [0, 0.05) is 11.6 Å². The van der Waals surface area contributed by atoms with E-state index in [0.29, 0.717) is 23.7 Å². The van der Waals surface area contributed by atoms with Crippen molar-refractivity contribution in [2.24, 2.45) is 5.92 Å². The Hall–Kier alpha value is -3.08. The standard InChI is InChI=1S/C23H23NO4/c1-3-28-23(26)16-11-12-20-19(13-16)17-5-4-6-18(17)21(24-20)14-7-9-15(10-8-14)22(25)27-2/h4-5,7-13,17-18,21,24H,3,6H2,1-2H3/t17-,18-,21-/m1/s1. The van der Waals surface area contributed by atoms with Crippen LogP contribution in [0.15, 0.2) is 54.6 Å². The Bertz CT molecular complexity index is 932. The molecule has 144 valence electrons. The largest absolute Gasteiger partial charge is 0.465 e. The van der Waals surface area contributed by atoms with Crippen molar-refractivity contribution >= 4 is 17.6 Å². The Morgan fingerprint density at radius 2 is 1.82 bits per heavy atom. The molecule has 2 aromatic carbocycles. The fraction of sp³-hybridized carbons (Fsp3) is 0.304. The lowest BCUT2D eigenvalue weighted by Gasteiger charge is -2.37. The molecule has 3 atom stereocenters. The van der Waals surface area contributed by atoms with Gasteiger partial charge < -0.3 is 14.8 Å². The van der Waals surface area contributed by atoms with Crippen LogP contribution in [0, 0.1) is 5.92 Å². The lowest BCUT2D eigenvalue weighted by molar-refractivity contribution is 0.0525. The van der Waals surface area contributed by atoms with Crippen molar-refractivity contribution < 1.29 is 19.1 Å². The van der Waals surface area contributed by atoms with Gasteiger partial charge in [0.1, 0.15) is 0 Å². The summed E-state index contributed by atoms with van der Waals surface area (Å²) in [6.45, 7) is 2.17. The summed E-state index contributed by atoms with van der Waals surface area (Å²) in [5, 5.41) is 3.64. The average Bonchev–Trinajstić information content (AvgIpc) is 3.23. The first kappa shape index (κ1) is 18.3. The molecule has 28 heavy (non-hydrogen) atoms. The molecular formula is C23H23NO4. The molecule has 0 saturated heterocycles. The van der Waals surface area contributed by atoms with Crippen molar-refractivity contribution in [3.63, 3.8) is 0 Å². The first-order valence-corrected chi connectivity index (χ1v) is 9.55. The number of carbonyl (C=O) groups is 2. The van der Waals surface area contributed by atoms with E-state index in [2.05, 4.69) is 17.5 Å². The third-order valence-electron chi connectivity index (χ3n) is 5.56. The number of esters is 2. The molecule has 2 aliphatic rings. The SMILES string of the molecule is CCOC(=O)c1ccc2c(c1)[C@@H]1C=CC[C@H]1[C@@H](c1ccc(C(=O)OC)cc1)N2. The molecule has 0 amide bonds. The van der Waals surface area contributed by atoms with Crippen LogP contribution in [0.3, 0.4) is 0 Å². The molecule has 0 unspecified atom stereocenters. The van der Waals surface area contributed by atoms with E-state index in [0.717, 1.165) is 23.2 Å². The number of hydrogen-bond donors (Lipinski definition) is 1. The van der Waals surface area contributed by atoms with E-state index in [1.807, 2.05) is 31.2 Å². The molecule has 5 heteroatoms. The number of methoxy groups -OCH3 is 1. The third-order valence-corrected chi connectivity index (χ3v) is 5.56. The van der Waals surface area contributed by atoms with Gasteiger partial charge >= 0.3 is 11.9 Å². The zero-order valence-corrected chi connectivity index (χ0v) is 16.0. The minimum atomic E-state index is -0.333. The molecule has 0 saturated carbocycles. The summed E-state index contributed by atoms with van der Waals surface area (Å²) in [4.78, 5) is 23.8. The molecule has 4 rings (SSSR count). The Morgan fingerprint density at radius 1 is 1.07 bits per heavy atom. The third kappa shape index (κ3) is 3.17. The number of hydrogen-bond acceptors (Lipinski definition) is 5. The van der Waals surface area contributed by atoms with E-state index in [-0.39, 0.29) is 23.9 Å². The van der Waals surface area contributed by atoms with Crippen LogP contribution in [-0.4, -0.2) is 25.7 Å². The summed E-state index contributed by atoms with van der Waals surface area (Å²) in [5.41, 5.74) is 4.42. The average molecular weight is 377 g/mol. The molecule has 1 aliphatic carbocycles. The zero-order valence-electron chi connectivity index (χ0n) is 16.0. The number of ether oxygens (including phenoxy) is 2. The van der Waals surface area contributed by atoms with Crippen LogP contribution in [0.4, 0.5) is 5.69 Å². The summed E-state index contributed by atoms with van der Waals surface area (Å²) >= 11 is 0. The minimum Gasteiger partial charge on any atom is -0.465 e. The smallest absolute Gasteiger partial charge is 0.338 e. The second-order valence-corrected chi connectivity index (χ2v) is 7.11. The second kappa shape index (κ2) is 7.50. The van der Waals surface area contributed by atoms with Crippen molar-refractivity contribution in [1.29, 1.82) is 0 Å². The molecule has 5 nitrogen and oxygen atoms in total. The van der Waals surface area contributed by atoms with Crippen molar-refractivity contribution in [3.05, 3.63) is 76.9 Å². The molecule has 1 N–H and O–H groups in total. The lowest BCUT2D eigenvalue weighted by Crippen LogP contribution is -2.29. The van der Waals surface area contributed by atoms with E-state index >= 15 is 0 Å². The van der Waals surface area contributed by atoms with Gasteiger partial charge in [0.25, 0.3) is 0 Å².